The Kier molecular flexibility index (Phi) is 4.65. The lowest BCUT2D eigenvalue weighted by atomic mass is 10.1. The molecule has 1 heterocycles. The number of nitrogens with zero attached hydrogens (tertiary/aromatic N) is 2. The molecule has 1 aromatic heterocycles. The van der Waals surface area contributed by atoms with Gasteiger partial charge in [0.05, 0.1) is 17.0 Å². The molecule has 1 amide bonds. The molecule has 0 fully saturated rings. The van der Waals surface area contributed by atoms with Gasteiger partial charge in [0.2, 0.25) is 0 Å². The van der Waals surface area contributed by atoms with Crippen molar-refractivity contribution in [3.05, 3.63) is 52.8 Å². The van der Waals surface area contributed by atoms with Crippen molar-refractivity contribution in [2.24, 2.45) is 0 Å². The van der Waals surface area contributed by atoms with Gasteiger partial charge in [-0.25, -0.2) is 0 Å². The molecule has 0 bridgehead atoms. The number of amides is 1. The SMILES string of the molecule is CNC(C)c1ccc(NC(=O)c2cc(C)nnc2C)cc1. The molecule has 5 heteroatoms. The van der Waals surface area contributed by atoms with Crippen LogP contribution >= 0.6 is 0 Å². The highest BCUT2D eigenvalue weighted by atomic mass is 16.1. The van der Waals surface area contributed by atoms with E-state index in [0.717, 1.165) is 11.4 Å². The molecule has 5 nitrogen and oxygen atoms in total. The third kappa shape index (κ3) is 3.64. The number of rotatable bonds is 4. The van der Waals surface area contributed by atoms with Crippen molar-refractivity contribution >= 4 is 11.6 Å². The van der Waals surface area contributed by atoms with Crippen LogP contribution in [-0.4, -0.2) is 23.2 Å². The van der Waals surface area contributed by atoms with Crippen LogP contribution < -0.4 is 10.6 Å². The summed E-state index contributed by atoms with van der Waals surface area (Å²) in [6.07, 6.45) is 0. The summed E-state index contributed by atoms with van der Waals surface area (Å²) in [6.45, 7) is 5.68. The zero-order valence-corrected chi connectivity index (χ0v) is 12.8. The molecule has 2 rings (SSSR count). The van der Waals surface area contributed by atoms with Gasteiger partial charge in [-0.05, 0) is 51.6 Å². The minimum Gasteiger partial charge on any atom is -0.322 e. The number of aryl methyl sites for hydroxylation is 2. The molecular formula is C16H20N4O. The van der Waals surface area contributed by atoms with Crippen molar-refractivity contribution in [2.75, 3.05) is 12.4 Å². The summed E-state index contributed by atoms with van der Waals surface area (Å²) < 4.78 is 0. The maximum Gasteiger partial charge on any atom is 0.257 e. The number of hydrogen-bond acceptors (Lipinski definition) is 4. The summed E-state index contributed by atoms with van der Waals surface area (Å²) >= 11 is 0. The van der Waals surface area contributed by atoms with Crippen molar-refractivity contribution in [3.63, 3.8) is 0 Å². The molecule has 0 aliphatic heterocycles. The van der Waals surface area contributed by atoms with Gasteiger partial charge in [0.15, 0.2) is 0 Å². The van der Waals surface area contributed by atoms with Crippen molar-refractivity contribution < 1.29 is 4.79 Å². The van der Waals surface area contributed by atoms with Crippen molar-refractivity contribution in [1.82, 2.24) is 15.5 Å². The van der Waals surface area contributed by atoms with Gasteiger partial charge >= 0.3 is 0 Å². The largest absolute Gasteiger partial charge is 0.322 e. The van der Waals surface area contributed by atoms with Crippen molar-refractivity contribution in [3.8, 4) is 0 Å². The Morgan fingerprint density at radius 1 is 1.14 bits per heavy atom. The normalized spacial score (nSPS) is 12.0. The lowest BCUT2D eigenvalue weighted by Gasteiger charge is -2.12. The fraction of sp³-hybridized carbons (Fsp3) is 0.312. The van der Waals surface area contributed by atoms with Crippen LogP contribution in [0.4, 0.5) is 5.69 Å². The summed E-state index contributed by atoms with van der Waals surface area (Å²) in [5.41, 5.74) is 3.84. The first-order valence-electron chi connectivity index (χ1n) is 6.90. The predicted octanol–water partition coefficient (Wildman–Crippen LogP) is 2.63. The highest BCUT2D eigenvalue weighted by Crippen LogP contribution is 2.17. The van der Waals surface area contributed by atoms with Crippen LogP contribution in [0.1, 0.15) is 40.3 Å². The van der Waals surface area contributed by atoms with Gasteiger partial charge < -0.3 is 10.6 Å². The second-order valence-corrected chi connectivity index (χ2v) is 5.07. The van der Waals surface area contributed by atoms with Crippen LogP contribution in [0.5, 0.6) is 0 Å². The van der Waals surface area contributed by atoms with E-state index in [9.17, 15) is 4.79 Å². The standard InChI is InChI=1S/C16H20N4O/c1-10-9-15(12(3)20-19-10)16(21)18-14-7-5-13(6-8-14)11(2)17-4/h5-9,11,17H,1-4H3,(H,18,21). The number of anilines is 1. The van der Waals surface area contributed by atoms with Crippen LogP contribution in [-0.2, 0) is 0 Å². The van der Waals surface area contributed by atoms with E-state index in [0.29, 0.717) is 11.3 Å². The molecule has 0 radical (unpaired) electrons. The van der Waals surface area contributed by atoms with Gasteiger partial charge in [-0.15, -0.1) is 0 Å². The quantitative estimate of drug-likeness (QED) is 0.905. The van der Waals surface area contributed by atoms with Crippen molar-refractivity contribution in [1.29, 1.82) is 0 Å². The Morgan fingerprint density at radius 3 is 2.43 bits per heavy atom. The van der Waals surface area contributed by atoms with E-state index in [2.05, 4.69) is 27.8 Å². The van der Waals surface area contributed by atoms with Gasteiger partial charge in [0.25, 0.3) is 5.91 Å². The predicted molar refractivity (Wildman–Crippen MR) is 83.4 cm³/mol. The first-order valence-corrected chi connectivity index (χ1v) is 6.90. The summed E-state index contributed by atoms with van der Waals surface area (Å²) in [5, 5.41) is 14.0. The summed E-state index contributed by atoms with van der Waals surface area (Å²) in [7, 11) is 1.92. The Morgan fingerprint density at radius 2 is 1.81 bits per heavy atom. The molecule has 1 atom stereocenters. The third-order valence-corrected chi connectivity index (χ3v) is 3.45. The molecule has 2 N–H and O–H groups in total. The van der Waals surface area contributed by atoms with Crippen LogP contribution in [0, 0.1) is 13.8 Å². The van der Waals surface area contributed by atoms with E-state index >= 15 is 0 Å². The molecule has 110 valence electrons. The third-order valence-electron chi connectivity index (χ3n) is 3.45. The second kappa shape index (κ2) is 6.45. The van der Waals surface area contributed by atoms with Gasteiger partial charge in [-0.1, -0.05) is 12.1 Å². The lowest BCUT2D eigenvalue weighted by molar-refractivity contribution is 0.102. The first-order chi connectivity index (χ1) is 10.0. The first kappa shape index (κ1) is 15.1. The monoisotopic (exact) mass is 284 g/mol. The molecule has 21 heavy (non-hydrogen) atoms. The Bertz CT molecular complexity index is 637. The number of hydrogen-bond donors (Lipinski definition) is 2. The number of aromatic nitrogens is 2. The molecule has 1 aromatic carbocycles. The number of carbonyl (C=O) groups is 1. The average molecular weight is 284 g/mol. The Hall–Kier alpha value is -2.27. The van der Waals surface area contributed by atoms with E-state index in [-0.39, 0.29) is 11.9 Å². The number of carbonyl (C=O) groups excluding carboxylic acids is 1. The molecule has 0 saturated heterocycles. The van der Waals surface area contributed by atoms with E-state index in [1.54, 1.807) is 13.0 Å². The number of benzene rings is 1. The molecule has 0 aliphatic rings. The van der Waals surface area contributed by atoms with Gasteiger partial charge in [-0.2, -0.15) is 10.2 Å². The topological polar surface area (TPSA) is 66.9 Å². The van der Waals surface area contributed by atoms with Crippen LogP contribution in [0.15, 0.2) is 30.3 Å². The smallest absolute Gasteiger partial charge is 0.257 e. The maximum absolute atomic E-state index is 12.3. The fourth-order valence-corrected chi connectivity index (χ4v) is 2.00. The summed E-state index contributed by atoms with van der Waals surface area (Å²) in [6, 6.07) is 9.83. The minimum absolute atomic E-state index is 0.167. The Balaban J connectivity index is 2.14. The minimum atomic E-state index is -0.167. The van der Waals surface area contributed by atoms with Crippen LogP contribution in [0.25, 0.3) is 0 Å². The van der Waals surface area contributed by atoms with E-state index in [1.807, 2.05) is 38.2 Å². The molecule has 1 unspecified atom stereocenters. The van der Waals surface area contributed by atoms with E-state index in [4.69, 9.17) is 0 Å². The summed E-state index contributed by atoms with van der Waals surface area (Å²) in [4.78, 5) is 12.3. The maximum atomic E-state index is 12.3. The van der Waals surface area contributed by atoms with Gasteiger partial charge in [0, 0.05) is 11.7 Å². The second-order valence-electron chi connectivity index (χ2n) is 5.07. The van der Waals surface area contributed by atoms with Crippen LogP contribution in [0.2, 0.25) is 0 Å². The average Bonchev–Trinajstić information content (AvgIpc) is 2.49. The van der Waals surface area contributed by atoms with E-state index in [1.165, 1.54) is 5.56 Å². The lowest BCUT2D eigenvalue weighted by Crippen LogP contribution is -2.15. The number of nitrogens with one attached hydrogen (secondary N) is 2. The highest BCUT2D eigenvalue weighted by molar-refractivity contribution is 6.05. The highest BCUT2D eigenvalue weighted by Gasteiger charge is 2.11. The molecule has 0 spiro atoms. The van der Waals surface area contributed by atoms with Gasteiger partial charge in [-0.3, -0.25) is 4.79 Å². The molecular weight excluding hydrogens is 264 g/mol. The zero-order chi connectivity index (χ0) is 15.4. The van der Waals surface area contributed by atoms with E-state index < -0.39 is 0 Å². The van der Waals surface area contributed by atoms with Gasteiger partial charge in [0.1, 0.15) is 0 Å². The summed E-state index contributed by atoms with van der Waals surface area (Å²) in [5.74, 6) is -0.167. The molecule has 0 aliphatic carbocycles. The molecule has 2 aromatic rings. The van der Waals surface area contributed by atoms with Crippen LogP contribution in [0.3, 0.4) is 0 Å². The van der Waals surface area contributed by atoms with Crippen molar-refractivity contribution in [2.45, 2.75) is 26.8 Å². The fourth-order valence-electron chi connectivity index (χ4n) is 2.00. The Labute approximate surface area is 124 Å². The molecule has 0 saturated carbocycles. The zero-order valence-electron chi connectivity index (χ0n) is 12.8.